The molecule has 9 heteroatoms. The zero-order chi connectivity index (χ0) is 25.7. The van der Waals surface area contributed by atoms with Gasteiger partial charge in [0.1, 0.15) is 12.1 Å². The number of alkyl halides is 3. The highest BCUT2D eigenvalue weighted by molar-refractivity contribution is 5.99. The topological polar surface area (TPSA) is 67.4 Å². The summed E-state index contributed by atoms with van der Waals surface area (Å²) < 4.78 is 45.7. The van der Waals surface area contributed by atoms with E-state index in [0.29, 0.717) is 45.9 Å². The predicted octanol–water partition coefficient (Wildman–Crippen LogP) is 5.18. The molecule has 0 saturated carbocycles. The van der Waals surface area contributed by atoms with Crippen LogP contribution in [0, 0.1) is 0 Å². The molecule has 2 saturated heterocycles. The zero-order valence-electron chi connectivity index (χ0n) is 19.9. The van der Waals surface area contributed by atoms with Crippen LogP contribution in [0.4, 0.5) is 13.2 Å². The molecule has 1 N–H and O–H groups in total. The van der Waals surface area contributed by atoms with Crippen molar-refractivity contribution < 1.29 is 22.7 Å². The summed E-state index contributed by atoms with van der Waals surface area (Å²) in [6.45, 7) is 1.52. The quantitative estimate of drug-likeness (QED) is 0.415. The Hall–Kier alpha value is -3.98. The predicted molar refractivity (Wildman–Crippen MR) is 133 cm³/mol. The van der Waals surface area contributed by atoms with Crippen LogP contribution in [0.3, 0.4) is 0 Å². The highest BCUT2D eigenvalue weighted by Gasteiger charge is 2.40. The fourth-order valence-electron chi connectivity index (χ4n) is 5.35. The van der Waals surface area contributed by atoms with Crippen molar-refractivity contribution in [2.24, 2.45) is 0 Å². The third-order valence-corrected chi connectivity index (χ3v) is 7.17. The number of piperazine rings is 1. The van der Waals surface area contributed by atoms with Crippen LogP contribution in [0.2, 0.25) is 0 Å². The minimum absolute atomic E-state index is 0.00665. The van der Waals surface area contributed by atoms with E-state index in [4.69, 9.17) is 4.74 Å². The fraction of sp³-hybridized carbons (Fsp3) is 0.250. The molecular weight excluding hydrogens is 481 g/mol. The number of rotatable bonds is 4. The molecule has 37 heavy (non-hydrogen) atoms. The number of hydrogen-bond donors (Lipinski definition) is 1. The number of fused-ring (bicyclic) bond motifs is 3. The van der Waals surface area contributed by atoms with Gasteiger partial charge in [0.15, 0.2) is 0 Å². The molecule has 2 fully saturated rings. The van der Waals surface area contributed by atoms with Crippen molar-refractivity contribution in [2.45, 2.75) is 24.7 Å². The molecular formula is C28H23F3N4O2. The van der Waals surface area contributed by atoms with Crippen LogP contribution in [0.5, 0.6) is 5.75 Å². The zero-order valence-corrected chi connectivity index (χ0v) is 19.9. The molecule has 0 spiro atoms. The first-order chi connectivity index (χ1) is 17.8. The van der Waals surface area contributed by atoms with E-state index in [-0.39, 0.29) is 17.7 Å². The van der Waals surface area contributed by atoms with Crippen molar-refractivity contribution in [2.75, 3.05) is 20.2 Å². The summed E-state index contributed by atoms with van der Waals surface area (Å²) in [7, 11) is 1.22. The van der Waals surface area contributed by atoms with Crippen LogP contribution in [-0.4, -0.2) is 53.1 Å². The Morgan fingerprint density at radius 2 is 1.84 bits per heavy atom. The van der Waals surface area contributed by atoms with Gasteiger partial charge in [0.25, 0.3) is 5.91 Å². The molecule has 0 radical (unpaired) electrons. The van der Waals surface area contributed by atoms with E-state index < -0.39 is 11.7 Å². The third kappa shape index (κ3) is 4.19. The van der Waals surface area contributed by atoms with Crippen molar-refractivity contribution in [3.05, 3.63) is 78.1 Å². The van der Waals surface area contributed by atoms with Gasteiger partial charge in [-0.3, -0.25) is 4.79 Å². The molecule has 3 heterocycles. The molecule has 2 aliphatic heterocycles. The lowest BCUT2D eigenvalue weighted by atomic mass is 9.98. The van der Waals surface area contributed by atoms with Crippen molar-refractivity contribution in [1.29, 1.82) is 0 Å². The number of carbonyl (C=O) groups is 1. The Kier molecular flexibility index (Phi) is 5.60. The lowest BCUT2D eigenvalue weighted by Gasteiger charge is -2.27. The minimum atomic E-state index is -4.55. The average Bonchev–Trinajstić information content (AvgIpc) is 3.55. The monoisotopic (exact) mass is 504 g/mol. The number of likely N-dealkylation sites (tertiary alicyclic amines) is 1. The van der Waals surface area contributed by atoms with Gasteiger partial charge in [0.2, 0.25) is 0 Å². The lowest BCUT2D eigenvalue weighted by Crippen LogP contribution is -2.46. The van der Waals surface area contributed by atoms with Crippen molar-refractivity contribution in [3.63, 3.8) is 0 Å². The second-order valence-electron chi connectivity index (χ2n) is 9.40. The molecule has 4 aromatic rings. The van der Waals surface area contributed by atoms with Crippen LogP contribution in [0.1, 0.15) is 22.3 Å². The average molecular weight is 505 g/mol. The normalized spacial score (nSPS) is 19.0. The molecule has 1 amide bonds. The summed E-state index contributed by atoms with van der Waals surface area (Å²) in [6.07, 6.45) is -2.12. The number of aromatic nitrogens is 2. The van der Waals surface area contributed by atoms with Crippen molar-refractivity contribution in [3.8, 4) is 28.1 Å². The van der Waals surface area contributed by atoms with E-state index >= 15 is 0 Å². The molecule has 188 valence electrons. The number of carbonyl (C=O) groups excluding carboxylic acids is 1. The molecule has 1 aromatic heterocycles. The first-order valence-electron chi connectivity index (χ1n) is 12.0. The SMILES string of the molecule is COc1ccc(-c2ccc3ncnc(-c4cccc(C(=O)N5C[C@@H]6C[C@H]5CN6)c4)c3c2)cc1C(F)(F)F. The number of halogens is 3. The van der Waals surface area contributed by atoms with E-state index in [1.165, 1.54) is 19.5 Å². The summed E-state index contributed by atoms with van der Waals surface area (Å²) in [5.74, 6) is -0.239. The number of ether oxygens (including phenoxy) is 1. The Morgan fingerprint density at radius 1 is 1.03 bits per heavy atom. The number of hydrogen-bond acceptors (Lipinski definition) is 5. The fourth-order valence-corrected chi connectivity index (χ4v) is 5.35. The molecule has 0 unspecified atom stereocenters. The molecule has 6 rings (SSSR count). The highest BCUT2D eigenvalue weighted by atomic mass is 19.4. The number of amides is 1. The summed E-state index contributed by atoms with van der Waals surface area (Å²) in [4.78, 5) is 24.0. The van der Waals surface area contributed by atoms with Gasteiger partial charge in [-0.05, 0) is 53.9 Å². The minimum Gasteiger partial charge on any atom is -0.496 e. The van der Waals surface area contributed by atoms with Crippen LogP contribution < -0.4 is 10.1 Å². The van der Waals surface area contributed by atoms with Crippen LogP contribution in [0.25, 0.3) is 33.3 Å². The van der Waals surface area contributed by atoms with E-state index in [2.05, 4.69) is 15.3 Å². The number of nitrogens with zero attached hydrogens (tertiary/aromatic N) is 3. The van der Waals surface area contributed by atoms with E-state index in [9.17, 15) is 18.0 Å². The van der Waals surface area contributed by atoms with Gasteiger partial charge in [-0.25, -0.2) is 9.97 Å². The van der Waals surface area contributed by atoms with Crippen LogP contribution in [0.15, 0.2) is 67.0 Å². The first-order valence-corrected chi connectivity index (χ1v) is 12.0. The third-order valence-electron chi connectivity index (χ3n) is 7.17. The van der Waals surface area contributed by atoms with E-state index in [1.54, 1.807) is 30.3 Å². The summed E-state index contributed by atoms with van der Waals surface area (Å²) >= 11 is 0. The van der Waals surface area contributed by atoms with Crippen LogP contribution in [-0.2, 0) is 6.18 Å². The summed E-state index contributed by atoms with van der Waals surface area (Å²) in [5, 5.41) is 4.09. The van der Waals surface area contributed by atoms with E-state index in [0.717, 1.165) is 24.6 Å². The number of benzene rings is 3. The Labute approximate surface area is 211 Å². The largest absolute Gasteiger partial charge is 0.496 e. The molecule has 2 aliphatic rings. The second-order valence-corrected chi connectivity index (χ2v) is 9.40. The Bertz CT molecular complexity index is 1520. The standard InChI is InChI=1S/C28H23F3N4O2/c1-37-25-8-6-17(11-23(25)28(29,30)31)16-5-7-24-22(10-16)26(34-15-33-24)18-3-2-4-19(9-18)27(36)35-14-20-12-21(35)13-32-20/h2-11,15,20-21,32H,12-14H2,1H3/t20-,21-/m0/s1. The molecule has 3 aromatic carbocycles. The summed E-state index contributed by atoms with van der Waals surface area (Å²) in [5.41, 5.74) is 2.72. The molecule has 6 nitrogen and oxygen atoms in total. The van der Waals surface area contributed by atoms with E-state index in [1.807, 2.05) is 23.1 Å². The Morgan fingerprint density at radius 3 is 2.57 bits per heavy atom. The highest BCUT2D eigenvalue weighted by Crippen LogP contribution is 2.39. The van der Waals surface area contributed by atoms with Crippen molar-refractivity contribution >= 4 is 16.8 Å². The van der Waals surface area contributed by atoms with Gasteiger partial charge in [-0.2, -0.15) is 13.2 Å². The molecule has 0 aliphatic carbocycles. The van der Waals surface area contributed by atoms with Gasteiger partial charge < -0.3 is 15.0 Å². The van der Waals surface area contributed by atoms with Gasteiger partial charge in [0.05, 0.1) is 23.9 Å². The maximum atomic E-state index is 13.6. The Balaban J connectivity index is 1.40. The smallest absolute Gasteiger partial charge is 0.419 e. The number of methoxy groups -OCH3 is 1. The van der Waals surface area contributed by atoms with Crippen LogP contribution >= 0.6 is 0 Å². The number of nitrogens with one attached hydrogen (secondary N) is 1. The molecule has 2 bridgehead atoms. The van der Waals surface area contributed by atoms with Crippen molar-refractivity contribution in [1.82, 2.24) is 20.2 Å². The lowest BCUT2D eigenvalue weighted by molar-refractivity contribution is -0.138. The second kappa shape index (κ2) is 8.85. The summed E-state index contributed by atoms with van der Waals surface area (Å²) in [6, 6.07) is 17.2. The first kappa shape index (κ1) is 23.4. The maximum absolute atomic E-state index is 13.6. The molecule has 2 atom stereocenters. The van der Waals surface area contributed by atoms with Gasteiger partial charge in [-0.15, -0.1) is 0 Å². The van der Waals surface area contributed by atoms with Gasteiger partial charge in [0, 0.05) is 41.7 Å². The maximum Gasteiger partial charge on any atom is 0.419 e. The van der Waals surface area contributed by atoms with Gasteiger partial charge in [-0.1, -0.05) is 24.3 Å². The van der Waals surface area contributed by atoms with Gasteiger partial charge >= 0.3 is 6.18 Å².